The van der Waals surface area contributed by atoms with Crippen molar-refractivity contribution in [3.8, 4) is 11.5 Å². The molecule has 8 N–H and O–H groups in total. The van der Waals surface area contributed by atoms with Gasteiger partial charge >= 0.3 is 12.1 Å². The number of aliphatic imine (C=N–C) groups is 1. The van der Waals surface area contributed by atoms with Gasteiger partial charge in [0.1, 0.15) is 17.3 Å². The number of hydrogen-bond acceptors (Lipinski definition) is 11. The van der Waals surface area contributed by atoms with Crippen LogP contribution in [0.3, 0.4) is 0 Å². The summed E-state index contributed by atoms with van der Waals surface area (Å²) >= 11 is 0. The Hall–Kier alpha value is -7.13. The number of urea groups is 2. The number of aromatic nitrogens is 2. The van der Waals surface area contributed by atoms with E-state index in [1.807, 2.05) is 57.2 Å². The van der Waals surface area contributed by atoms with Crippen molar-refractivity contribution in [2.24, 2.45) is 16.5 Å². The highest BCUT2D eigenvalue weighted by Crippen LogP contribution is 2.35. The van der Waals surface area contributed by atoms with Crippen LogP contribution in [0.25, 0.3) is 22.2 Å². The number of benzene rings is 3. The molecule has 5 amide bonds. The molecule has 1 saturated heterocycles. The minimum atomic E-state index is -0.903. The maximum absolute atomic E-state index is 13.6. The second-order valence-electron chi connectivity index (χ2n) is 15.3. The number of hydrogen-bond donors (Lipinski definition) is 6. The molecule has 0 radical (unpaired) electrons. The number of rotatable bonds is 9. The molecule has 0 unspecified atom stereocenters. The van der Waals surface area contributed by atoms with E-state index in [1.165, 1.54) is 6.07 Å². The van der Waals surface area contributed by atoms with E-state index in [4.69, 9.17) is 21.9 Å². The van der Waals surface area contributed by atoms with Crippen molar-refractivity contribution < 1.29 is 24.6 Å². The third-order valence-electron chi connectivity index (χ3n) is 10.8. The molecule has 1 fully saturated rings. The van der Waals surface area contributed by atoms with Crippen LogP contribution in [-0.4, -0.2) is 92.2 Å². The standard InChI is InChI=1S/C45H48N10O5/c1-26(2)32-23-34(39(57)24-38(32)56)42(47)55(44(48)59)30-12-9-28(10-13-30)25-53-18-20-54(21-19-53)45(60)52-43(58)29-11-14-35-33(22-29)31(15-17-50-35)40(36-8-5-16-49-36)41(46)37-7-4-6-27(3)51-37/h4,6-7,9-15,17,22-24,26,47,56-57H,5,8,16,18-21,25,46H2,1-3H3,(H2,48,59)(H,52,58,60). The third-order valence-corrected chi connectivity index (χ3v) is 10.8. The van der Waals surface area contributed by atoms with Crippen LogP contribution < -0.4 is 21.7 Å². The number of phenols is 2. The molecule has 15 heteroatoms. The number of carbonyl (C=O) groups excluding carboxylic acids is 3. The van der Waals surface area contributed by atoms with Crippen molar-refractivity contribution >= 4 is 57.4 Å². The predicted molar refractivity (Wildman–Crippen MR) is 232 cm³/mol. The number of fused-ring (bicyclic) bond motifs is 1. The zero-order valence-electron chi connectivity index (χ0n) is 33.8. The lowest BCUT2D eigenvalue weighted by Crippen LogP contribution is -2.52. The molecule has 0 saturated carbocycles. The number of nitrogens with one attached hydrogen (secondary N) is 2. The van der Waals surface area contributed by atoms with E-state index in [9.17, 15) is 24.6 Å². The highest BCUT2D eigenvalue weighted by atomic mass is 16.3. The summed E-state index contributed by atoms with van der Waals surface area (Å²) in [6, 6.07) is 21.0. The summed E-state index contributed by atoms with van der Waals surface area (Å²) in [4.78, 5) is 58.2. The first-order valence-electron chi connectivity index (χ1n) is 19.8. The average Bonchev–Trinajstić information content (AvgIpc) is 3.76. The Kier molecular flexibility index (Phi) is 11.9. The van der Waals surface area contributed by atoms with Crippen molar-refractivity contribution in [1.82, 2.24) is 25.1 Å². The molecule has 0 atom stereocenters. The van der Waals surface area contributed by atoms with Gasteiger partial charge in [0.25, 0.3) is 5.91 Å². The first-order valence-corrected chi connectivity index (χ1v) is 19.8. The van der Waals surface area contributed by atoms with Crippen LogP contribution in [0, 0.1) is 12.3 Å². The lowest BCUT2D eigenvalue weighted by Gasteiger charge is -2.34. The van der Waals surface area contributed by atoms with Crippen molar-refractivity contribution in [1.29, 1.82) is 5.41 Å². The van der Waals surface area contributed by atoms with Gasteiger partial charge in [-0.25, -0.2) is 14.5 Å². The van der Waals surface area contributed by atoms with Crippen LogP contribution in [0.15, 0.2) is 90.1 Å². The Morgan fingerprint density at radius 3 is 2.33 bits per heavy atom. The second-order valence-corrected chi connectivity index (χ2v) is 15.3. The third kappa shape index (κ3) is 8.66. The average molecular weight is 809 g/mol. The molecule has 15 nitrogen and oxygen atoms in total. The summed E-state index contributed by atoms with van der Waals surface area (Å²) in [5, 5.41) is 32.8. The maximum atomic E-state index is 13.6. The number of piperazine rings is 1. The lowest BCUT2D eigenvalue weighted by molar-refractivity contribution is 0.0932. The van der Waals surface area contributed by atoms with E-state index in [-0.39, 0.29) is 28.8 Å². The number of allylic oxidation sites excluding steroid dienone is 1. The molecule has 5 aromatic rings. The number of primary amides is 1. The van der Waals surface area contributed by atoms with Gasteiger partial charge in [0, 0.05) is 79.5 Å². The number of aryl methyl sites for hydroxylation is 1. The molecule has 2 aliphatic rings. The highest BCUT2D eigenvalue weighted by Gasteiger charge is 2.27. The number of amides is 5. The van der Waals surface area contributed by atoms with Gasteiger partial charge in [0.05, 0.1) is 28.2 Å². The van der Waals surface area contributed by atoms with Gasteiger partial charge in [-0.2, -0.15) is 0 Å². The molecular formula is C45H48N10O5. The van der Waals surface area contributed by atoms with Gasteiger partial charge in [-0.3, -0.25) is 35.4 Å². The smallest absolute Gasteiger partial charge is 0.325 e. The normalized spacial score (nSPS) is 14.8. The van der Waals surface area contributed by atoms with E-state index < -0.39 is 18.0 Å². The Bertz CT molecular complexity index is 2560. The van der Waals surface area contributed by atoms with Crippen molar-refractivity contribution in [3.05, 3.63) is 124 Å². The van der Waals surface area contributed by atoms with E-state index in [0.29, 0.717) is 78.4 Å². The van der Waals surface area contributed by atoms with Crippen molar-refractivity contribution in [2.75, 3.05) is 37.6 Å². The number of imide groups is 1. The number of nitrogens with two attached hydrogens (primary N) is 2. The molecule has 308 valence electrons. The van der Waals surface area contributed by atoms with E-state index in [1.54, 1.807) is 41.4 Å². The first-order chi connectivity index (χ1) is 28.8. The molecule has 7 rings (SSSR count). The zero-order valence-corrected chi connectivity index (χ0v) is 33.8. The summed E-state index contributed by atoms with van der Waals surface area (Å²) in [5.41, 5.74) is 19.7. The van der Waals surface area contributed by atoms with E-state index in [2.05, 4.69) is 20.2 Å². The van der Waals surface area contributed by atoms with Gasteiger partial charge in [0.15, 0.2) is 0 Å². The summed E-state index contributed by atoms with van der Waals surface area (Å²) in [7, 11) is 0. The number of pyridine rings is 2. The summed E-state index contributed by atoms with van der Waals surface area (Å²) in [6.45, 7) is 8.80. The molecule has 2 aromatic heterocycles. The predicted octanol–water partition coefficient (Wildman–Crippen LogP) is 6.11. The van der Waals surface area contributed by atoms with Crippen LogP contribution in [-0.2, 0) is 6.54 Å². The topological polar surface area (TPSA) is 227 Å². The van der Waals surface area contributed by atoms with Gasteiger partial charge < -0.3 is 26.6 Å². The van der Waals surface area contributed by atoms with Gasteiger partial charge in [0.2, 0.25) is 0 Å². The minimum Gasteiger partial charge on any atom is -0.508 e. The molecule has 4 heterocycles. The summed E-state index contributed by atoms with van der Waals surface area (Å²) in [6.07, 6.45) is 3.38. The minimum absolute atomic E-state index is 0.0567. The molecule has 0 aliphatic carbocycles. The number of anilines is 1. The van der Waals surface area contributed by atoms with Gasteiger partial charge in [-0.1, -0.05) is 32.0 Å². The fourth-order valence-corrected chi connectivity index (χ4v) is 7.63. The zero-order chi connectivity index (χ0) is 42.7. The lowest BCUT2D eigenvalue weighted by atomic mass is 9.92. The Balaban J connectivity index is 0.996. The van der Waals surface area contributed by atoms with Crippen LogP contribution in [0.4, 0.5) is 15.3 Å². The van der Waals surface area contributed by atoms with Crippen molar-refractivity contribution in [2.45, 2.75) is 46.1 Å². The maximum Gasteiger partial charge on any atom is 0.325 e. The molecule has 0 spiro atoms. The first kappa shape index (κ1) is 41.0. The summed E-state index contributed by atoms with van der Waals surface area (Å²) in [5.74, 6) is -1.41. The quantitative estimate of drug-likeness (QED) is 0.0745. The Morgan fingerprint density at radius 1 is 0.917 bits per heavy atom. The number of phenolic OH excluding ortho intramolecular Hbond substituents is 2. The number of aromatic hydroxyl groups is 2. The second kappa shape index (κ2) is 17.4. The molecule has 2 aliphatic heterocycles. The van der Waals surface area contributed by atoms with Crippen LogP contribution in [0.5, 0.6) is 11.5 Å². The van der Waals surface area contributed by atoms with Gasteiger partial charge in [-0.15, -0.1) is 0 Å². The molecule has 3 aromatic carbocycles. The van der Waals surface area contributed by atoms with Crippen molar-refractivity contribution in [3.63, 3.8) is 0 Å². The number of amidine groups is 1. The number of carbonyl (C=O) groups is 3. The van der Waals surface area contributed by atoms with Crippen LogP contribution in [0.1, 0.15) is 76.6 Å². The highest BCUT2D eigenvalue weighted by molar-refractivity contribution is 6.32. The summed E-state index contributed by atoms with van der Waals surface area (Å²) < 4.78 is 0. The van der Waals surface area contributed by atoms with Crippen LogP contribution >= 0.6 is 0 Å². The fourth-order valence-electron chi connectivity index (χ4n) is 7.63. The Morgan fingerprint density at radius 2 is 1.67 bits per heavy atom. The van der Waals surface area contributed by atoms with E-state index >= 15 is 0 Å². The molecule has 60 heavy (non-hydrogen) atoms. The molecular weight excluding hydrogens is 761 g/mol. The monoisotopic (exact) mass is 808 g/mol. The largest absolute Gasteiger partial charge is 0.508 e. The van der Waals surface area contributed by atoms with Crippen LogP contribution in [0.2, 0.25) is 0 Å². The fraction of sp³-hybridized carbons (Fsp3) is 0.267. The number of nitrogens with zero attached hydrogens (tertiary/aromatic N) is 6. The Labute approximate surface area is 347 Å². The van der Waals surface area contributed by atoms with Gasteiger partial charge in [-0.05, 0) is 97.0 Å². The SMILES string of the molecule is Cc1cccc(C(N)=C(C2=NCCC2)c2ccnc3ccc(C(=O)NC(=O)N4CCN(Cc5ccc(N(C(=N)c6cc(C(C)C)c(O)cc6O)C(N)=O)cc5)CC4)cc23)n1. The molecule has 0 bridgehead atoms. The van der Waals surface area contributed by atoms with E-state index in [0.717, 1.165) is 51.9 Å².